The van der Waals surface area contributed by atoms with Gasteiger partial charge in [0.2, 0.25) is 11.1 Å². The van der Waals surface area contributed by atoms with Gasteiger partial charge >= 0.3 is 0 Å². The van der Waals surface area contributed by atoms with Crippen LogP contribution in [0.4, 0.5) is 0 Å². The Kier molecular flexibility index (Phi) is 5.25. The molecule has 0 bridgehead atoms. The van der Waals surface area contributed by atoms with Crippen LogP contribution in [0.15, 0.2) is 65.8 Å². The number of H-pyrrole nitrogens is 1. The van der Waals surface area contributed by atoms with Crippen molar-refractivity contribution in [2.24, 2.45) is 0 Å². The maximum atomic E-state index is 12.9. The number of nitrogens with zero attached hydrogens (tertiary/aromatic N) is 3. The Balaban J connectivity index is 1.48. The average Bonchev–Trinajstić information content (AvgIpc) is 3.46. The molecule has 0 spiro atoms. The van der Waals surface area contributed by atoms with Crippen LogP contribution in [-0.4, -0.2) is 38.8 Å². The Bertz CT molecular complexity index is 853. The number of benzene rings is 2. The standard InChI is InChI=1S/C21H22N4OS/c1-25(18(26)14-27-21-22-20(23-24-21)17-12-13-17)19(15-8-4-2-5-9-15)16-10-6-3-7-11-16/h2-11,17,19H,12-14H2,1H3,(H,22,23,24). The Morgan fingerprint density at radius 3 is 2.26 bits per heavy atom. The number of amides is 1. The lowest BCUT2D eigenvalue weighted by Gasteiger charge is -2.29. The van der Waals surface area contributed by atoms with Crippen molar-refractivity contribution in [2.75, 3.05) is 12.8 Å². The topological polar surface area (TPSA) is 61.9 Å². The summed E-state index contributed by atoms with van der Waals surface area (Å²) in [6, 6.07) is 20.1. The molecule has 1 aromatic heterocycles. The van der Waals surface area contributed by atoms with Gasteiger partial charge in [-0.3, -0.25) is 9.89 Å². The Labute approximate surface area is 163 Å². The third kappa shape index (κ3) is 4.22. The van der Waals surface area contributed by atoms with Crippen molar-refractivity contribution in [3.8, 4) is 0 Å². The second kappa shape index (κ2) is 7.96. The van der Waals surface area contributed by atoms with Crippen LogP contribution in [-0.2, 0) is 4.79 Å². The summed E-state index contributed by atoms with van der Waals surface area (Å²) in [5, 5.41) is 7.86. The number of hydrogen-bond acceptors (Lipinski definition) is 4. The molecule has 0 aliphatic heterocycles. The molecule has 138 valence electrons. The number of carbonyl (C=O) groups excluding carboxylic acids is 1. The Morgan fingerprint density at radius 2 is 1.70 bits per heavy atom. The number of aromatic amines is 1. The zero-order valence-electron chi connectivity index (χ0n) is 15.2. The number of rotatable bonds is 7. The first-order chi connectivity index (χ1) is 13.2. The first kappa shape index (κ1) is 17.8. The Morgan fingerprint density at radius 1 is 1.11 bits per heavy atom. The van der Waals surface area contributed by atoms with Crippen molar-refractivity contribution in [3.05, 3.63) is 77.6 Å². The quantitative estimate of drug-likeness (QED) is 0.631. The molecule has 2 aromatic carbocycles. The molecule has 1 saturated carbocycles. The fourth-order valence-electron chi connectivity index (χ4n) is 3.14. The van der Waals surface area contributed by atoms with Crippen LogP contribution in [0.25, 0.3) is 0 Å². The molecule has 1 heterocycles. The van der Waals surface area contributed by atoms with E-state index in [9.17, 15) is 4.79 Å². The van der Waals surface area contributed by atoms with Gasteiger partial charge in [0.25, 0.3) is 0 Å². The van der Waals surface area contributed by atoms with E-state index in [1.54, 1.807) is 0 Å². The summed E-state index contributed by atoms with van der Waals surface area (Å²) in [6.07, 6.45) is 2.35. The molecule has 1 amide bonds. The number of thioether (sulfide) groups is 1. The van der Waals surface area contributed by atoms with Crippen LogP contribution in [0.2, 0.25) is 0 Å². The zero-order chi connectivity index (χ0) is 18.6. The van der Waals surface area contributed by atoms with E-state index in [2.05, 4.69) is 39.4 Å². The molecular formula is C21H22N4OS. The number of carbonyl (C=O) groups is 1. The predicted octanol–water partition coefficient (Wildman–Crippen LogP) is 4.02. The van der Waals surface area contributed by atoms with E-state index < -0.39 is 0 Å². The van der Waals surface area contributed by atoms with Gasteiger partial charge in [0, 0.05) is 13.0 Å². The van der Waals surface area contributed by atoms with Gasteiger partial charge in [-0.25, -0.2) is 4.98 Å². The molecule has 0 atom stereocenters. The molecule has 0 radical (unpaired) electrons. The van der Waals surface area contributed by atoms with Crippen molar-refractivity contribution in [2.45, 2.75) is 30.0 Å². The largest absolute Gasteiger partial charge is 0.334 e. The van der Waals surface area contributed by atoms with Crippen LogP contribution in [0.5, 0.6) is 0 Å². The molecule has 3 aromatic rings. The molecule has 1 aliphatic rings. The van der Waals surface area contributed by atoms with Gasteiger partial charge in [-0.2, -0.15) is 0 Å². The highest BCUT2D eigenvalue weighted by atomic mass is 32.2. The van der Waals surface area contributed by atoms with Gasteiger partial charge < -0.3 is 4.90 Å². The van der Waals surface area contributed by atoms with Crippen LogP contribution in [0, 0.1) is 0 Å². The second-order valence-electron chi connectivity index (χ2n) is 6.79. The van der Waals surface area contributed by atoms with E-state index >= 15 is 0 Å². The molecule has 4 rings (SSSR count). The van der Waals surface area contributed by atoms with E-state index in [1.807, 2.05) is 48.3 Å². The molecule has 1 N–H and O–H groups in total. The normalized spacial score (nSPS) is 13.7. The maximum absolute atomic E-state index is 12.9. The molecule has 27 heavy (non-hydrogen) atoms. The SMILES string of the molecule is CN(C(=O)CSc1n[nH]c(C2CC2)n1)C(c1ccccc1)c1ccccc1. The number of hydrogen-bond donors (Lipinski definition) is 1. The average molecular weight is 379 g/mol. The number of aromatic nitrogens is 3. The van der Waals surface area contributed by atoms with Gasteiger partial charge in [-0.05, 0) is 24.0 Å². The van der Waals surface area contributed by atoms with Gasteiger partial charge in [-0.15, -0.1) is 5.10 Å². The summed E-state index contributed by atoms with van der Waals surface area (Å²) in [5.41, 5.74) is 2.19. The fourth-order valence-corrected chi connectivity index (χ4v) is 3.87. The van der Waals surface area contributed by atoms with Gasteiger partial charge in [-0.1, -0.05) is 72.4 Å². The van der Waals surface area contributed by atoms with Crippen LogP contribution >= 0.6 is 11.8 Å². The van der Waals surface area contributed by atoms with E-state index in [-0.39, 0.29) is 11.9 Å². The minimum Gasteiger partial charge on any atom is -0.334 e. The van der Waals surface area contributed by atoms with Crippen LogP contribution in [0.3, 0.4) is 0 Å². The summed E-state index contributed by atoms with van der Waals surface area (Å²) >= 11 is 1.39. The Hall–Kier alpha value is -2.60. The highest BCUT2D eigenvalue weighted by molar-refractivity contribution is 7.99. The maximum Gasteiger partial charge on any atom is 0.233 e. The minimum absolute atomic E-state index is 0.0514. The summed E-state index contributed by atoms with van der Waals surface area (Å²) < 4.78 is 0. The summed E-state index contributed by atoms with van der Waals surface area (Å²) in [4.78, 5) is 19.2. The third-order valence-corrected chi connectivity index (χ3v) is 5.61. The third-order valence-electron chi connectivity index (χ3n) is 4.78. The summed E-state index contributed by atoms with van der Waals surface area (Å²) in [5.74, 6) is 1.85. The van der Waals surface area contributed by atoms with Gasteiger partial charge in [0.15, 0.2) is 0 Å². The molecule has 0 saturated heterocycles. The summed E-state index contributed by atoms with van der Waals surface area (Å²) in [7, 11) is 1.86. The predicted molar refractivity (Wildman–Crippen MR) is 107 cm³/mol. The lowest BCUT2D eigenvalue weighted by atomic mass is 9.97. The highest BCUT2D eigenvalue weighted by Crippen LogP contribution is 2.38. The highest BCUT2D eigenvalue weighted by Gasteiger charge is 2.28. The molecular weight excluding hydrogens is 356 g/mol. The van der Waals surface area contributed by atoms with Crippen molar-refractivity contribution in [3.63, 3.8) is 0 Å². The lowest BCUT2D eigenvalue weighted by Crippen LogP contribution is -2.33. The van der Waals surface area contributed by atoms with Crippen molar-refractivity contribution < 1.29 is 4.79 Å². The van der Waals surface area contributed by atoms with Crippen LogP contribution in [0.1, 0.15) is 41.8 Å². The molecule has 6 heteroatoms. The van der Waals surface area contributed by atoms with Gasteiger partial charge in [0.1, 0.15) is 5.82 Å². The van der Waals surface area contributed by atoms with Crippen LogP contribution < -0.4 is 0 Å². The zero-order valence-corrected chi connectivity index (χ0v) is 16.0. The van der Waals surface area contributed by atoms with Crippen molar-refractivity contribution in [1.82, 2.24) is 20.1 Å². The molecule has 5 nitrogen and oxygen atoms in total. The lowest BCUT2D eigenvalue weighted by molar-refractivity contribution is -0.128. The number of nitrogens with one attached hydrogen (secondary N) is 1. The molecule has 1 aliphatic carbocycles. The molecule has 0 unspecified atom stereocenters. The van der Waals surface area contributed by atoms with Crippen molar-refractivity contribution >= 4 is 17.7 Å². The first-order valence-electron chi connectivity index (χ1n) is 9.13. The monoisotopic (exact) mass is 378 g/mol. The first-order valence-corrected chi connectivity index (χ1v) is 10.1. The fraction of sp³-hybridized carbons (Fsp3) is 0.286. The van der Waals surface area contributed by atoms with Gasteiger partial charge in [0.05, 0.1) is 11.8 Å². The van der Waals surface area contributed by atoms with Crippen molar-refractivity contribution in [1.29, 1.82) is 0 Å². The summed E-state index contributed by atoms with van der Waals surface area (Å²) in [6.45, 7) is 0. The smallest absolute Gasteiger partial charge is 0.233 e. The van der Waals surface area contributed by atoms with E-state index in [1.165, 1.54) is 24.6 Å². The van der Waals surface area contributed by atoms with E-state index in [4.69, 9.17) is 0 Å². The second-order valence-corrected chi connectivity index (χ2v) is 7.74. The van der Waals surface area contributed by atoms with E-state index in [0.29, 0.717) is 16.8 Å². The van der Waals surface area contributed by atoms with E-state index in [0.717, 1.165) is 17.0 Å². The minimum atomic E-state index is -0.116. The molecule has 1 fully saturated rings.